The Labute approximate surface area is 113 Å². The Morgan fingerprint density at radius 2 is 1.72 bits per heavy atom. The van der Waals surface area contributed by atoms with Crippen molar-refractivity contribution in [1.82, 2.24) is 4.98 Å². The van der Waals surface area contributed by atoms with Crippen LogP contribution in [-0.4, -0.2) is 26.0 Å². The Morgan fingerprint density at radius 1 is 1.17 bits per heavy atom. The molecule has 0 amide bonds. The molecule has 0 spiro atoms. The van der Waals surface area contributed by atoms with Crippen molar-refractivity contribution in [2.75, 3.05) is 6.61 Å². The fourth-order valence-electron chi connectivity index (χ4n) is 1.79. The molecule has 102 valence electrons. The van der Waals surface area contributed by atoms with E-state index in [2.05, 4.69) is 63.1 Å². The van der Waals surface area contributed by atoms with Crippen LogP contribution in [-0.2, 0) is 6.42 Å². The molecule has 1 aromatic carbocycles. The number of rotatable bonds is 5. The molecule has 0 radical (unpaired) electrons. The molecular weight excluding hydrogens is 238 g/mol. The van der Waals surface area contributed by atoms with Crippen molar-refractivity contribution in [2.24, 2.45) is 0 Å². The first-order valence-electron chi connectivity index (χ1n) is 6.69. The van der Waals surface area contributed by atoms with Crippen LogP contribution in [0.4, 0.5) is 0 Å². The number of aliphatic hydroxyl groups is 1. The van der Waals surface area contributed by atoms with E-state index < -0.39 is 8.24 Å². The molecule has 0 aromatic heterocycles. The van der Waals surface area contributed by atoms with E-state index in [1.807, 2.05) is 6.07 Å². The van der Waals surface area contributed by atoms with Crippen LogP contribution in [0.25, 0.3) is 0 Å². The second-order valence-corrected chi connectivity index (χ2v) is 11.6. The lowest BCUT2D eigenvalue weighted by Gasteiger charge is -2.40. The zero-order chi connectivity index (χ0) is 13.8. The van der Waals surface area contributed by atoms with Crippen molar-refractivity contribution in [3.63, 3.8) is 0 Å². The summed E-state index contributed by atoms with van der Waals surface area (Å²) in [6.45, 7) is 11.7. The third-order valence-corrected chi connectivity index (χ3v) is 8.87. The molecule has 1 rings (SSSR count). The predicted molar refractivity (Wildman–Crippen MR) is 81.4 cm³/mol. The quantitative estimate of drug-likeness (QED) is 0.801. The van der Waals surface area contributed by atoms with Crippen molar-refractivity contribution in [2.45, 2.75) is 51.4 Å². The molecule has 0 saturated heterocycles. The zero-order valence-corrected chi connectivity index (χ0v) is 13.3. The summed E-state index contributed by atoms with van der Waals surface area (Å²) >= 11 is 0. The Hall–Kier alpha value is -0.643. The highest BCUT2D eigenvalue weighted by Crippen LogP contribution is 2.34. The van der Waals surface area contributed by atoms with Gasteiger partial charge in [-0.3, -0.25) is 0 Å². The molecule has 0 bridgehead atoms. The van der Waals surface area contributed by atoms with E-state index in [-0.39, 0.29) is 17.7 Å². The molecule has 0 aliphatic heterocycles. The molecule has 0 saturated carbocycles. The summed E-state index contributed by atoms with van der Waals surface area (Å²) in [5.74, 6) is 0. The molecule has 3 heteroatoms. The Bertz CT molecular complexity index is 357. The minimum atomic E-state index is -1.55. The minimum Gasteiger partial charge on any atom is -0.395 e. The maximum atomic E-state index is 9.58. The van der Waals surface area contributed by atoms with Crippen molar-refractivity contribution < 1.29 is 5.11 Å². The second kappa shape index (κ2) is 6.00. The standard InChI is InChI=1S/C15H27NOSi/c1-15(2,3)18(4,5)16-14(12-17)11-13-9-7-6-8-10-13/h6-10,14,16-17H,11-12H2,1-5H3/t14-/m0/s1. The van der Waals surface area contributed by atoms with Crippen LogP contribution >= 0.6 is 0 Å². The van der Waals surface area contributed by atoms with Gasteiger partial charge in [0.1, 0.15) is 8.24 Å². The topological polar surface area (TPSA) is 32.3 Å². The fraction of sp³-hybridized carbons (Fsp3) is 0.600. The Kier molecular flexibility index (Phi) is 5.14. The van der Waals surface area contributed by atoms with Crippen LogP contribution in [0.15, 0.2) is 30.3 Å². The fourth-order valence-corrected chi connectivity index (χ4v) is 3.43. The van der Waals surface area contributed by atoms with Gasteiger partial charge in [0.15, 0.2) is 0 Å². The third kappa shape index (κ3) is 4.23. The number of aliphatic hydroxyl groups excluding tert-OH is 1. The van der Waals surface area contributed by atoms with E-state index in [1.165, 1.54) is 5.56 Å². The number of benzene rings is 1. The van der Waals surface area contributed by atoms with Gasteiger partial charge in [-0.05, 0) is 17.0 Å². The van der Waals surface area contributed by atoms with Crippen LogP contribution in [0.2, 0.25) is 18.1 Å². The van der Waals surface area contributed by atoms with Gasteiger partial charge in [-0.1, -0.05) is 64.2 Å². The maximum Gasteiger partial charge on any atom is 0.125 e. The van der Waals surface area contributed by atoms with E-state index >= 15 is 0 Å². The molecule has 2 N–H and O–H groups in total. The zero-order valence-electron chi connectivity index (χ0n) is 12.3. The Balaban J connectivity index is 2.69. The van der Waals surface area contributed by atoms with E-state index in [0.29, 0.717) is 0 Å². The van der Waals surface area contributed by atoms with Crippen molar-refractivity contribution >= 4 is 8.24 Å². The normalized spacial score (nSPS) is 14.6. The number of nitrogens with one attached hydrogen (secondary N) is 1. The SMILES string of the molecule is CC(C)(C)[Si](C)(C)N[C@H](CO)Cc1ccccc1. The van der Waals surface area contributed by atoms with E-state index in [9.17, 15) is 5.11 Å². The first-order valence-corrected chi connectivity index (χ1v) is 9.69. The lowest BCUT2D eigenvalue weighted by Crippen LogP contribution is -2.57. The van der Waals surface area contributed by atoms with Gasteiger partial charge in [0.2, 0.25) is 0 Å². The second-order valence-electron chi connectivity index (χ2n) is 6.59. The van der Waals surface area contributed by atoms with Crippen molar-refractivity contribution in [1.29, 1.82) is 0 Å². The molecule has 0 unspecified atom stereocenters. The summed E-state index contributed by atoms with van der Waals surface area (Å²) in [4.78, 5) is 3.72. The lowest BCUT2D eigenvalue weighted by molar-refractivity contribution is 0.254. The average molecular weight is 265 g/mol. The van der Waals surface area contributed by atoms with Crippen LogP contribution < -0.4 is 4.98 Å². The number of hydrogen-bond acceptors (Lipinski definition) is 2. The molecule has 18 heavy (non-hydrogen) atoms. The molecule has 0 fully saturated rings. The highest BCUT2D eigenvalue weighted by atomic mass is 28.3. The van der Waals surface area contributed by atoms with Crippen LogP contribution in [0.5, 0.6) is 0 Å². The summed E-state index contributed by atoms with van der Waals surface area (Å²) in [7, 11) is -1.55. The summed E-state index contributed by atoms with van der Waals surface area (Å²) < 4.78 is 0. The largest absolute Gasteiger partial charge is 0.395 e. The molecule has 1 atom stereocenters. The molecule has 0 aliphatic carbocycles. The number of hydrogen-bond donors (Lipinski definition) is 2. The highest BCUT2D eigenvalue weighted by molar-refractivity contribution is 6.77. The predicted octanol–water partition coefficient (Wildman–Crippen LogP) is 3.18. The monoisotopic (exact) mass is 265 g/mol. The van der Waals surface area contributed by atoms with E-state index in [4.69, 9.17) is 0 Å². The summed E-state index contributed by atoms with van der Waals surface area (Å²) in [6.07, 6.45) is 0.893. The summed E-state index contributed by atoms with van der Waals surface area (Å²) in [5.41, 5.74) is 1.28. The Morgan fingerprint density at radius 3 is 2.17 bits per heavy atom. The minimum absolute atomic E-state index is 0.160. The molecule has 0 aliphatic rings. The van der Waals surface area contributed by atoms with Gasteiger partial charge >= 0.3 is 0 Å². The lowest BCUT2D eigenvalue weighted by atomic mass is 10.1. The van der Waals surface area contributed by atoms with Gasteiger partial charge in [0.05, 0.1) is 6.61 Å². The van der Waals surface area contributed by atoms with Crippen molar-refractivity contribution in [3.05, 3.63) is 35.9 Å². The van der Waals surface area contributed by atoms with Gasteiger partial charge in [0, 0.05) is 6.04 Å². The van der Waals surface area contributed by atoms with E-state index in [0.717, 1.165) is 6.42 Å². The molecule has 2 nitrogen and oxygen atoms in total. The van der Waals surface area contributed by atoms with Crippen LogP contribution in [0.3, 0.4) is 0 Å². The molecule has 0 heterocycles. The summed E-state index contributed by atoms with van der Waals surface area (Å²) in [6, 6.07) is 10.5. The van der Waals surface area contributed by atoms with Gasteiger partial charge in [-0.2, -0.15) is 0 Å². The van der Waals surface area contributed by atoms with Crippen LogP contribution in [0, 0.1) is 0 Å². The van der Waals surface area contributed by atoms with Gasteiger partial charge in [-0.15, -0.1) is 0 Å². The molecule has 1 aromatic rings. The third-order valence-electron chi connectivity index (χ3n) is 3.99. The van der Waals surface area contributed by atoms with E-state index in [1.54, 1.807) is 0 Å². The smallest absolute Gasteiger partial charge is 0.125 e. The van der Waals surface area contributed by atoms with Crippen molar-refractivity contribution in [3.8, 4) is 0 Å². The maximum absolute atomic E-state index is 9.58. The first kappa shape index (κ1) is 15.4. The van der Waals surface area contributed by atoms with Gasteiger partial charge in [-0.25, -0.2) is 0 Å². The van der Waals surface area contributed by atoms with Gasteiger partial charge < -0.3 is 10.1 Å². The molecular formula is C15H27NOSi. The average Bonchev–Trinajstić information content (AvgIpc) is 2.27. The van der Waals surface area contributed by atoms with Gasteiger partial charge in [0.25, 0.3) is 0 Å². The van der Waals surface area contributed by atoms with Crippen LogP contribution in [0.1, 0.15) is 26.3 Å². The highest BCUT2D eigenvalue weighted by Gasteiger charge is 2.36. The summed E-state index contributed by atoms with van der Waals surface area (Å²) in [5, 5.41) is 9.86. The first-order chi connectivity index (χ1) is 8.26.